The number of nitrogens with zero attached hydrogens (tertiary/aromatic N) is 2. The Morgan fingerprint density at radius 3 is 2.20 bits per heavy atom. The van der Waals surface area contributed by atoms with Crippen LogP contribution in [0.4, 0.5) is 5.69 Å². The third-order valence-corrected chi connectivity index (χ3v) is 6.72. The van der Waals surface area contributed by atoms with Gasteiger partial charge in [0.05, 0.1) is 23.9 Å². The molecule has 0 bridgehead atoms. The summed E-state index contributed by atoms with van der Waals surface area (Å²) < 4.78 is 10.8. The number of carbonyl (C=O) groups excluding carboxylic acids is 3. The third-order valence-electron chi connectivity index (χ3n) is 6.17. The van der Waals surface area contributed by atoms with Gasteiger partial charge in [-0.05, 0) is 77.9 Å². The molecule has 4 rings (SSSR count). The Morgan fingerprint density at radius 2 is 1.55 bits per heavy atom. The molecule has 4 aromatic rings. The van der Waals surface area contributed by atoms with Crippen molar-refractivity contribution in [3.63, 3.8) is 0 Å². The van der Waals surface area contributed by atoms with Gasteiger partial charge < -0.3 is 19.7 Å². The highest BCUT2D eigenvalue weighted by Crippen LogP contribution is 2.30. The maximum atomic E-state index is 13.1. The summed E-state index contributed by atoms with van der Waals surface area (Å²) in [6.45, 7) is 0. The summed E-state index contributed by atoms with van der Waals surface area (Å²) in [4.78, 5) is 40.6. The van der Waals surface area contributed by atoms with Gasteiger partial charge in [-0.25, -0.2) is 10.2 Å². The zero-order chi connectivity index (χ0) is 31.6. The minimum atomic E-state index is -0.688. The van der Waals surface area contributed by atoms with Gasteiger partial charge in [0.1, 0.15) is 5.70 Å². The predicted molar refractivity (Wildman–Crippen MR) is 173 cm³/mol. The van der Waals surface area contributed by atoms with Crippen LogP contribution in [-0.4, -0.2) is 45.2 Å². The Balaban J connectivity index is 1.49. The molecule has 0 radical (unpaired) electrons. The molecule has 224 valence electrons. The summed E-state index contributed by atoms with van der Waals surface area (Å²) in [5, 5.41) is 7.25. The van der Waals surface area contributed by atoms with Crippen molar-refractivity contribution in [1.82, 2.24) is 10.7 Å². The molecule has 0 saturated carbocycles. The maximum Gasteiger partial charge on any atom is 0.345 e. The lowest BCUT2D eigenvalue weighted by Gasteiger charge is -2.13. The van der Waals surface area contributed by atoms with Gasteiger partial charge in [-0.1, -0.05) is 53.5 Å². The molecule has 2 N–H and O–H groups in total. The number of benzene rings is 4. The summed E-state index contributed by atoms with van der Waals surface area (Å²) in [6, 6.07) is 25.2. The molecule has 0 heterocycles. The zero-order valence-electron chi connectivity index (χ0n) is 24.0. The van der Waals surface area contributed by atoms with E-state index < -0.39 is 17.8 Å². The first kappa shape index (κ1) is 31.8. The lowest BCUT2D eigenvalue weighted by Crippen LogP contribution is -2.32. The second-order valence-corrected chi connectivity index (χ2v) is 10.3. The largest absolute Gasteiger partial charge is 0.493 e. The summed E-state index contributed by atoms with van der Waals surface area (Å²) in [6.07, 6.45) is 2.94. The molecule has 44 heavy (non-hydrogen) atoms. The number of hydrogen-bond acceptors (Lipinski definition) is 7. The Kier molecular flexibility index (Phi) is 10.7. The standard InChI is InChI=1S/C33H28Cl2N4O5/c1-39(2)25-13-9-21(10-14-25)17-28(37-31(40)23-7-5-4-6-8-23)32(41)38-36-20-22-11-16-29(30(18-22)43-3)44-33(42)26-15-12-24(34)19-27(26)35/h4-20H,1-3H3,(H,37,40)(H,38,41)/b28-17-,36-20+. The number of methoxy groups -OCH3 is 1. The Hall–Kier alpha value is -5.12. The zero-order valence-corrected chi connectivity index (χ0v) is 25.5. The van der Waals surface area contributed by atoms with Gasteiger partial charge in [0.25, 0.3) is 11.8 Å². The Bertz CT molecular complexity index is 1720. The van der Waals surface area contributed by atoms with Crippen LogP contribution in [0.25, 0.3) is 6.08 Å². The lowest BCUT2D eigenvalue weighted by molar-refractivity contribution is -0.117. The maximum absolute atomic E-state index is 13.1. The minimum Gasteiger partial charge on any atom is -0.493 e. The van der Waals surface area contributed by atoms with Gasteiger partial charge in [0.2, 0.25) is 0 Å². The molecule has 0 aliphatic rings. The van der Waals surface area contributed by atoms with Crippen LogP contribution < -0.4 is 25.1 Å². The van der Waals surface area contributed by atoms with Gasteiger partial charge in [-0.15, -0.1) is 0 Å². The first-order valence-electron chi connectivity index (χ1n) is 13.2. The molecule has 0 unspecified atom stereocenters. The van der Waals surface area contributed by atoms with E-state index >= 15 is 0 Å². The van der Waals surface area contributed by atoms with Gasteiger partial charge in [0.15, 0.2) is 11.5 Å². The highest BCUT2D eigenvalue weighted by atomic mass is 35.5. The van der Waals surface area contributed by atoms with Crippen LogP contribution in [0.15, 0.2) is 102 Å². The number of anilines is 1. The summed E-state index contributed by atoms with van der Waals surface area (Å²) in [5.74, 6) is -1.38. The minimum absolute atomic E-state index is 0.00527. The highest BCUT2D eigenvalue weighted by Gasteiger charge is 2.17. The predicted octanol–water partition coefficient (Wildman–Crippen LogP) is 6.21. The first-order valence-corrected chi connectivity index (χ1v) is 13.9. The van der Waals surface area contributed by atoms with E-state index in [9.17, 15) is 14.4 Å². The first-order chi connectivity index (χ1) is 21.1. The fourth-order valence-corrected chi connectivity index (χ4v) is 4.35. The Morgan fingerprint density at radius 1 is 0.841 bits per heavy atom. The molecule has 0 aromatic heterocycles. The van der Waals surface area contributed by atoms with Crippen molar-refractivity contribution in [3.05, 3.63) is 129 Å². The van der Waals surface area contributed by atoms with Gasteiger partial charge in [0, 0.05) is 30.4 Å². The smallest absolute Gasteiger partial charge is 0.345 e. The highest BCUT2D eigenvalue weighted by molar-refractivity contribution is 6.36. The van der Waals surface area contributed by atoms with Crippen molar-refractivity contribution in [2.24, 2.45) is 5.10 Å². The van der Waals surface area contributed by atoms with Crippen molar-refractivity contribution in [1.29, 1.82) is 0 Å². The van der Waals surface area contributed by atoms with E-state index in [1.165, 1.54) is 37.6 Å². The van der Waals surface area contributed by atoms with E-state index in [-0.39, 0.29) is 27.8 Å². The lowest BCUT2D eigenvalue weighted by atomic mass is 10.1. The second-order valence-electron chi connectivity index (χ2n) is 9.49. The number of hydrogen-bond donors (Lipinski definition) is 2. The second kappa shape index (κ2) is 14.9. The molecule has 0 saturated heterocycles. The van der Waals surface area contributed by atoms with Crippen molar-refractivity contribution in [2.45, 2.75) is 0 Å². The van der Waals surface area contributed by atoms with E-state index in [1.807, 2.05) is 43.3 Å². The van der Waals surface area contributed by atoms with E-state index in [2.05, 4.69) is 15.8 Å². The van der Waals surface area contributed by atoms with Crippen LogP contribution >= 0.6 is 23.2 Å². The van der Waals surface area contributed by atoms with Crippen LogP contribution in [0.5, 0.6) is 11.5 Å². The number of rotatable bonds is 10. The molecule has 4 aromatic carbocycles. The van der Waals surface area contributed by atoms with E-state index in [1.54, 1.807) is 48.5 Å². The SMILES string of the molecule is COc1cc(/C=N/NC(=O)/C(=C/c2ccc(N(C)C)cc2)NC(=O)c2ccccc2)ccc1OC(=O)c1ccc(Cl)cc1Cl. The van der Waals surface area contributed by atoms with Crippen LogP contribution in [0.3, 0.4) is 0 Å². The van der Waals surface area contributed by atoms with E-state index in [0.29, 0.717) is 21.7 Å². The number of amides is 2. The molecule has 0 aliphatic carbocycles. The van der Waals surface area contributed by atoms with Gasteiger partial charge in [-0.3, -0.25) is 9.59 Å². The molecule has 11 heteroatoms. The molecular weight excluding hydrogens is 603 g/mol. The number of hydrazone groups is 1. The number of ether oxygens (including phenoxy) is 2. The van der Waals surface area contributed by atoms with Crippen LogP contribution in [0, 0.1) is 0 Å². The van der Waals surface area contributed by atoms with Crippen molar-refractivity contribution < 1.29 is 23.9 Å². The quantitative estimate of drug-likeness (QED) is 0.0709. The summed E-state index contributed by atoms with van der Waals surface area (Å²) >= 11 is 12.0. The molecule has 0 aliphatic heterocycles. The fraction of sp³-hybridized carbons (Fsp3) is 0.0909. The van der Waals surface area contributed by atoms with Crippen molar-refractivity contribution >= 4 is 59.0 Å². The van der Waals surface area contributed by atoms with E-state index in [0.717, 1.165) is 5.69 Å². The Labute approximate surface area is 264 Å². The summed E-state index contributed by atoms with van der Waals surface area (Å²) in [5.41, 5.74) is 5.19. The molecular formula is C33H28Cl2N4O5. The number of esters is 1. The normalized spacial score (nSPS) is 11.2. The van der Waals surface area contributed by atoms with Gasteiger partial charge >= 0.3 is 5.97 Å². The number of halogens is 2. The molecule has 0 spiro atoms. The van der Waals surface area contributed by atoms with Crippen molar-refractivity contribution in [3.8, 4) is 11.5 Å². The summed E-state index contributed by atoms with van der Waals surface area (Å²) in [7, 11) is 5.27. The molecule has 2 amide bonds. The van der Waals surface area contributed by atoms with Crippen LogP contribution in [0.2, 0.25) is 10.0 Å². The monoisotopic (exact) mass is 630 g/mol. The van der Waals surface area contributed by atoms with Crippen LogP contribution in [-0.2, 0) is 4.79 Å². The van der Waals surface area contributed by atoms with E-state index in [4.69, 9.17) is 32.7 Å². The molecule has 0 fully saturated rings. The fourth-order valence-electron chi connectivity index (χ4n) is 3.86. The third kappa shape index (κ3) is 8.47. The van der Waals surface area contributed by atoms with Gasteiger partial charge in [-0.2, -0.15) is 5.10 Å². The topological polar surface area (TPSA) is 109 Å². The number of nitrogens with one attached hydrogen (secondary N) is 2. The average molecular weight is 632 g/mol. The number of carbonyl (C=O) groups is 3. The van der Waals surface area contributed by atoms with Crippen molar-refractivity contribution in [2.75, 3.05) is 26.1 Å². The molecule has 0 atom stereocenters. The average Bonchev–Trinajstić information content (AvgIpc) is 3.01. The van der Waals surface area contributed by atoms with Crippen LogP contribution in [0.1, 0.15) is 31.8 Å². The molecule has 9 nitrogen and oxygen atoms in total.